The van der Waals surface area contributed by atoms with Crippen LogP contribution in [0, 0.1) is 0 Å². The van der Waals surface area contributed by atoms with E-state index < -0.39 is 0 Å². The van der Waals surface area contributed by atoms with Crippen molar-refractivity contribution < 1.29 is 14.3 Å². The molecule has 1 atom stereocenters. The Morgan fingerprint density at radius 3 is 2.65 bits per heavy atom. The minimum absolute atomic E-state index is 0.214. The summed E-state index contributed by atoms with van der Waals surface area (Å²) in [5.41, 5.74) is 1.00. The van der Waals surface area contributed by atoms with E-state index in [2.05, 4.69) is 17.2 Å². The molecule has 0 bridgehead atoms. The van der Waals surface area contributed by atoms with Crippen LogP contribution >= 0.6 is 11.8 Å². The highest BCUT2D eigenvalue weighted by atomic mass is 32.2. The van der Waals surface area contributed by atoms with Crippen LogP contribution in [-0.2, 0) is 11.2 Å². The lowest BCUT2D eigenvalue weighted by Crippen LogP contribution is -2.25. The predicted octanol–water partition coefficient (Wildman–Crippen LogP) is 3.23. The summed E-state index contributed by atoms with van der Waals surface area (Å²) in [6.45, 7) is 5.29. The van der Waals surface area contributed by atoms with E-state index in [0.29, 0.717) is 13.0 Å². The largest absolute Gasteiger partial charge is 0.492 e. The van der Waals surface area contributed by atoms with E-state index in [1.165, 1.54) is 0 Å². The SMILES string of the molecule is C/C=C(\N=CCC)N(C)CCOc1ccc(CC2SC(=O)NC2=O)cc1. The van der Waals surface area contributed by atoms with E-state index >= 15 is 0 Å². The first-order chi connectivity index (χ1) is 12.5. The summed E-state index contributed by atoms with van der Waals surface area (Å²) in [5, 5.41) is 1.69. The van der Waals surface area contributed by atoms with Crippen molar-refractivity contribution in [3.63, 3.8) is 0 Å². The van der Waals surface area contributed by atoms with E-state index in [1.807, 2.05) is 55.4 Å². The second-order valence-electron chi connectivity index (χ2n) is 5.87. The number of allylic oxidation sites excluding steroid dienone is 1. The summed E-state index contributed by atoms with van der Waals surface area (Å²) >= 11 is 1.05. The lowest BCUT2D eigenvalue weighted by molar-refractivity contribution is -0.118. The van der Waals surface area contributed by atoms with Crippen LogP contribution in [0.15, 0.2) is 41.2 Å². The molecule has 0 aromatic heterocycles. The van der Waals surface area contributed by atoms with Crippen LogP contribution < -0.4 is 10.1 Å². The molecule has 0 aliphatic carbocycles. The zero-order valence-corrected chi connectivity index (χ0v) is 16.2. The van der Waals surface area contributed by atoms with Crippen molar-refractivity contribution in [1.29, 1.82) is 0 Å². The third-order valence-electron chi connectivity index (χ3n) is 3.86. The molecule has 1 heterocycles. The predicted molar refractivity (Wildman–Crippen MR) is 106 cm³/mol. The molecule has 1 N–H and O–H groups in total. The molecule has 1 aromatic carbocycles. The zero-order valence-electron chi connectivity index (χ0n) is 15.4. The zero-order chi connectivity index (χ0) is 18.9. The van der Waals surface area contributed by atoms with Gasteiger partial charge in [0.1, 0.15) is 18.2 Å². The van der Waals surface area contributed by atoms with Crippen molar-refractivity contribution in [2.24, 2.45) is 4.99 Å². The molecular weight excluding hydrogens is 350 g/mol. The Bertz CT molecular complexity index is 686. The van der Waals surface area contributed by atoms with Crippen molar-refractivity contribution in [2.75, 3.05) is 20.2 Å². The summed E-state index contributed by atoms with van der Waals surface area (Å²) in [6.07, 6.45) is 5.30. The second kappa shape index (κ2) is 10.0. The van der Waals surface area contributed by atoms with E-state index in [1.54, 1.807) is 0 Å². The van der Waals surface area contributed by atoms with Gasteiger partial charge in [-0.2, -0.15) is 0 Å². The van der Waals surface area contributed by atoms with Crippen LogP contribution in [0.5, 0.6) is 5.75 Å². The fraction of sp³-hybridized carbons (Fsp3) is 0.421. The third-order valence-corrected chi connectivity index (χ3v) is 4.84. The molecule has 0 spiro atoms. The number of carbonyl (C=O) groups excluding carboxylic acids is 2. The first-order valence-electron chi connectivity index (χ1n) is 8.66. The molecule has 1 fully saturated rings. The molecule has 1 aliphatic rings. The maximum atomic E-state index is 11.6. The number of rotatable bonds is 9. The van der Waals surface area contributed by atoms with Crippen molar-refractivity contribution in [3.05, 3.63) is 41.7 Å². The molecule has 0 saturated carbocycles. The molecular formula is C19H25N3O3S. The second-order valence-corrected chi connectivity index (χ2v) is 7.04. The molecule has 2 rings (SSSR count). The van der Waals surface area contributed by atoms with Gasteiger partial charge in [-0.25, -0.2) is 4.99 Å². The van der Waals surface area contributed by atoms with Gasteiger partial charge in [0.15, 0.2) is 0 Å². The van der Waals surface area contributed by atoms with Gasteiger partial charge in [-0.15, -0.1) is 0 Å². The van der Waals surface area contributed by atoms with Crippen molar-refractivity contribution in [2.45, 2.75) is 31.9 Å². The number of hydrogen-bond acceptors (Lipinski definition) is 6. The van der Waals surface area contributed by atoms with Crippen molar-refractivity contribution in [1.82, 2.24) is 10.2 Å². The molecule has 2 amide bonds. The molecule has 1 unspecified atom stereocenters. The molecule has 6 nitrogen and oxygen atoms in total. The number of nitrogens with one attached hydrogen (secondary N) is 1. The Morgan fingerprint density at radius 1 is 1.35 bits per heavy atom. The minimum Gasteiger partial charge on any atom is -0.492 e. The summed E-state index contributed by atoms with van der Waals surface area (Å²) in [5.74, 6) is 1.49. The molecule has 1 aromatic rings. The quantitative estimate of drug-likeness (QED) is 0.671. The van der Waals surface area contributed by atoms with Gasteiger partial charge in [0.05, 0.1) is 11.8 Å². The third kappa shape index (κ3) is 5.91. The van der Waals surface area contributed by atoms with Crippen LogP contribution in [0.4, 0.5) is 4.79 Å². The van der Waals surface area contributed by atoms with E-state index in [0.717, 1.165) is 41.9 Å². The fourth-order valence-electron chi connectivity index (χ4n) is 2.46. The minimum atomic E-state index is -0.342. The van der Waals surface area contributed by atoms with Gasteiger partial charge in [-0.1, -0.05) is 30.8 Å². The van der Waals surface area contributed by atoms with Gasteiger partial charge in [0.2, 0.25) is 5.91 Å². The molecule has 1 saturated heterocycles. The van der Waals surface area contributed by atoms with E-state index in [-0.39, 0.29) is 16.4 Å². The topological polar surface area (TPSA) is 71.0 Å². The van der Waals surface area contributed by atoms with Crippen molar-refractivity contribution >= 4 is 29.1 Å². The molecule has 26 heavy (non-hydrogen) atoms. The number of hydrogen-bond donors (Lipinski definition) is 1. The monoisotopic (exact) mass is 375 g/mol. The summed E-state index contributed by atoms with van der Waals surface area (Å²) in [7, 11) is 1.99. The number of thioether (sulfide) groups is 1. The Morgan fingerprint density at radius 2 is 2.08 bits per heavy atom. The lowest BCUT2D eigenvalue weighted by Gasteiger charge is -2.19. The maximum absolute atomic E-state index is 11.6. The van der Waals surface area contributed by atoms with E-state index in [4.69, 9.17) is 4.74 Å². The van der Waals surface area contributed by atoms with Gasteiger partial charge in [0.25, 0.3) is 5.24 Å². The fourth-order valence-corrected chi connectivity index (χ4v) is 3.32. The van der Waals surface area contributed by atoms with Crippen LogP contribution in [-0.4, -0.2) is 47.7 Å². The number of nitrogens with zero attached hydrogens (tertiary/aromatic N) is 2. The highest BCUT2D eigenvalue weighted by Gasteiger charge is 2.31. The van der Waals surface area contributed by atoms with Crippen LogP contribution in [0.3, 0.4) is 0 Å². The summed E-state index contributed by atoms with van der Waals surface area (Å²) < 4.78 is 5.78. The van der Waals surface area contributed by atoms with Gasteiger partial charge < -0.3 is 9.64 Å². The summed E-state index contributed by atoms with van der Waals surface area (Å²) in [4.78, 5) is 29.3. The maximum Gasteiger partial charge on any atom is 0.286 e. The summed E-state index contributed by atoms with van der Waals surface area (Å²) in [6, 6.07) is 7.64. The number of likely N-dealkylation sites (N-methyl/N-ethyl adjacent to an activating group) is 1. The number of amides is 2. The van der Waals surface area contributed by atoms with E-state index in [9.17, 15) is 9.59 Å². The first kappa shape index (κ1) is 20.0. The Balaban J connectivity index is 1.79. The first-order valence-corrected chi connectivity index (χ1v) is 9.54. The lowest BCUT2D eigenvalue weighted by atomic mass is 10.1. The number of aliphatic imine (C=N–C) groups is 1. The van der Waals surface area contributed by atoms with Gasteiger partial charge >= 0.3 is 0 Å². The smallest absolute Gasteiger partial charge is 0.286 e. The molecule has 1 aliphatic heterocycles. The number of imide groups is 1. The number of ether oxygens (including phenoxy) is 1. The van der Waals surface area contributed by atoms with Crippen LogP contribution in [0.2, 0.25) is 0 Å². The number of carbonyl (C=O) groups is 2. The Hall–Kier alpha value is -2.28. The number of benzene rings is 1. The Labute approximate surface area is 158 Å². The average Bonchev–Trinajstić information content (AvgIpc) is 2.94. The molecule has 7 heteroatoms. The van der Waals surface area contributed by atoms with Crippen molar-refractivity contribution in [3.8, 4) is 5.75 Å². The van der Waals surface area contributed by atoms with Gasteiger partial charge in [-0.3, -0.25) is 14.9 Å². The van der Waals surface area contributed by atoms with Crippen LogP contribution in [0.1, 0.15) is 25.8 Å². The molecule has 0 radical (unpaired) electrons. The van der Waals surface area contributed by atoms with Gasteiger partial charge in [-0.05, 0) is 43.5 Å². The Kier molecular flexibility index (Phi) is 7.72. The average molecular weight is 375 g/mol. The molecule has 140 valence electrons. The van der Waals surface area contributed by atoms with Gasteiger partial charge in [0, 0.05) is 13.3 Å². The normalized spacial score (nSPS) is 17.7. The standard InChI is InChI=1S/C19H25N3O3S/c1-4-10-20-17(5-2)22(3)11-12-25-15-8-6-14(7-9-15)13-16-18(23)21-19(24)26-16/h5-10,16H,4,11-13H2,1-3H3,(H,21,23,24)/b17-5+,20-10?. The highest BCUT2D eigenvalue weighted by molar-refractivity contribution is 8.15. The highest BCUT2D eigenvalue weighted by Crippen LogP contribution is 2.23. The van der Waals surface area contributed by atoms with Crippen LogP contribution in [0.25, 0.3) is 0 Å².